The fourth-order valence-corrected chi connectivity index (χ4v) is 5.15. The van der Waals surface area contributed by atoms with Crippen LogP contribution in [-0.4, -0.2) is 49.8 Å². The van der Waals surface area contributed by atoms with Gasteiger partial charge < -0.3 is 14.4 Å². The van der Waals surface area contributed by atoms with Crippen LogP contribution in [0.3, 0.4) is 0 Å². The number of amides is 1. The number of ether oxygens (including phenoxy) is 2. The highest BCUT2D eigenvalue weighted by Gasteiger charge is 2.24. The minimum Gasteiger partial charge on any atom is -0.454 e. The highest BCUT2D eigenvalue weighted by molar-refractivity contribution is 9.11. The van der Waals surface area contributed by atoms with E-state index >= 15 is 0 Å². The summed E-state index contributed by atoms with van der Waals surface area (Å²) in [6.45, 7) is 1.75. The lowest BCUT2D eigenvalue weighted by Gasteiger charge is -2.20. The van der Waals surface area contributed by atoms with Crippen LogP contribution in [0.25, 0.3) is 10.2 Å². The van der Waals surface area contributed by atoms with Gasteiger partial charge >= 0.3 is 0 Å². The van der Waals surface area contributed by atoms with E-state index in [4.69, 9.17) is 14.5 Å². The lowest BCUT2D eigenvalue weighted by molar-refractivity contribution is 0.0990. The van der Waals surface area contributed by atoms with Crippen LogP contribution in [0, 0.1) is 0 Å². The number of carbonyl (C=O) groups excluding carboxylic acids is 1. The van der Waals surface area contributed by atoms with Gasteiger partial charge in [-0.15, -0.1) is 23.7 Å². The molecule has 1 aromatic carbocycles. The molecule has 1 amide bonds. The van der Waals surface area contributed by atoms with Gasteiger partial charge in [0.2, 0.25) is 6.79 Å². The Bertz CT molecular complexity index is 951. The molecule has 0 atom stereocenters. The van der Waals surface area contributed by atoms with E-state index < -0.39 is 0 Å². The third-order valence-electron chi connectivity index (χ3n) is 4.12. The Hall–Kier alpha value is -1.39. The molecule has 150 valence electrons. The summed E-state index contributed by atoms with van der Waals surface area (Å²) < 4.78 is 12.8. The standard InChI is InChI=1S/C18H18BrN3O3S2.ClH/c1-21(2)6-3-7-22(17(23)14-4-5-16(19)26-14)18-20-11-8-12-13(25-10-24-12)9-15(11)27-18;/h4-5,8-9H,3,6-7,10H2,1-2H3;1H. The number of carbonyl (C=O) groups is 1. The maximum Gasteiger partial charge on any atom is 0.270 e. The summed E-state index contributed by atoms with van der Waals surface area (Å²) in [5.74, 6) is 1.40. The minimum atomic E-state index is -0.0245. The third-order valence-corrected chi connectivity index (χ3v) is 6.77. The van der Waals surface area contributed by atoms with Crippen molar-refractivity contribution in [2.24, 2.45) is 0 Å². The Balaban J connectivity index is 0.00000225. The first-order valence-corrected chi connectivity index (χ1v) is 10.9. The second-order valence-electron chi connectivity index (χ2n) is 6.39. The van der Waals surface area contributed by atoms with E-state index in [9.17, 15) is 4.79 Å². The Morgan fingerprint density at radius 1 is 1.18 bits per heavy atom. The van der Waals surface area contributed by atoms with Gasteiger partial charge in [0.25, 0.3) is 5.91 Å². The van der Waals surface area contributed by atoms with Crippen molar-refractivity contribution < 1.29 is 14.3 Å². The Kier molecular flexibility index (Phi) is 6.82. The zero-order valence-electron chi connectivity index (χ0n) is 15.3. The number of fused-ring (bicyclic) bond motifs is 2. The predicted octanol–water partition coefficient (Wildman–Crippen LogP) is 4.87. The minimum absolute atomic E-state index is 0. The predicted molar refractivity (Wildman–Crippen MR) is 120 cm³/mol. The molecule has 6 nitrogen and oxygen atoms in total. The Labute approximate surface area is 185 Å². The number of nitrogens with zero attached hydrogens (tertiary/aromatic N) is 3. The van der Waals surface area contributed by atoms with Gasteiger partial charge in [-0.05, 0) is 55.1 Å². The molecule has 0 spiro atoms. The molecule has 2 aromatic heterocycles. The van der Waals surface area contributed by atoms with Gasteiger partial charge in [0.1, 0.15) is 0 Å². The van der Waals surface area contributed by atoms with Gasteiger partial charge in [-0.2, -0.15) is 0 Å². The molecule has 1 aliphatic heterocycles. The van der Waals surface area contributed by atoms with Crippen molar-refractivity contribution in [2.75, 3.05) is 38.9 Å². The first kappa shape index (κ1) is 21.3. The molecule has 3 aromatic rings. The molecule has 10 heteroatoms. The van der Waals surface area contributed by atoms with Crippen LogP contribution in [0.5, 0.6) is 11.5 Å². The number of halogens is 2. The van der Waals surface area contributed by atoms with Gasteiger partial charge in [0, 0.05) is 18.7 Å². The van der Waals surface area contributed by atoms with Crippen LogP contribution in [0.1, 0.15) is 16.1 Å². The number of thiophene rings is 1. The van der Waals surface area contributed by atoms with Crippen LogP contribution < -0.4 is 14.4 Å². The topological polar surface area (TPSA) is 54.9 Å². The normalized spacial score (nSPS) is 12.4. The zero-order chi connectivity index (χ0) is 19.0. The molecule has 0 aliphatic carbocycles. The van der Waals surface area contributed by atoms with Gasteiger partial charge in [-0.3, -0.25) is 9.69 Å². The molecule has 0 saturated carbocycles. The van der Waals surface area contributed by atoms with E-state index in [0.29, 0.717) is 22.3 Å². The number of anilines is 1. The van der Waals surface area contributed by atoms with Crippen LogP contribution in [0.4, 0.5) is 5.13 Å². The first-order chi connectivity index (χ1) is 13.0. The van der Waals surface area contributed by atoms with Crippen LogP contribution in [0.2, 0.25) is 0 Å². The van der Waals surface area contributed by atoms with Crippen LogP contribution in [0.15, 0.2) is 28.1 Å². The molecule has 0 saturated heterocycles. The fourth-order valence-electron chi connectivity index (χ4n) is 2.81. The van der Waals surface area contributed by atoms with E-state index in [1.165, 1.54) is 22.7 Å². The summed E-state index contributed by atoms with van der Waals surface area (Å²) in [6.07, 6.45) is 0.865. The summed E-state index contributed by atoms with van der Waals surface area (Å²) in [7, 11) is 4.06. The molecule has 3 heterocycles. The van der Waals surface area contributed by atoms with Crippen molar-refractivity contribution in [3.8, 4) is 11.5 Å². The van der Waals surface area contributed by atoms with E-state index in [2.05, 4.69) is 20.8 Å². The molecule has 4 rings (SSSR count). The third kappa shape index (κ3) is 4.44. The lowest BCUT2D eigenvalue weighted by atomic mass is 10.3. The van der Waals surface area contributed by atoms with E-state index in [1.54, 1.807) is 4.90 Å². The maximum atomic E-state index is 13.1. The second kappa shape index (κ2) is 8.96. The highest BCUT2D eigenvalue weighted by Crippen LogP contribution is 2.40. The van der Waals surface area contributed by atoms with E-state index in [1.807, 2.05) is 38.4 Å². The number of aromatic nitrogens is 1. The second-order valence-corrected chi connectivity index (χ2v) is 9.86. The maximum absolute atomic E-state index is 13.1. The number of thiazole rings is 1. The SMILES string of the molecule is CN(C)CCCN(C(=O)c1ccc(Br)s1)c1nc2cc3c(cc2s1)OCO3.Cl. The largest absolute Gasteiger partial charge is 0.454 e. The van der Waals surface area contributed by atoms with Crippen molar-refractivity contribution in [1.82, 2.24) is 9.88 Å². The monoisotopic (exact) mass is 503 g/mol. The van der Waals surface area contributed by atoms with Gasteiger partial charge in [-0.25, -0.2) is 4.98 Å². The molecular weight excluding hydrogens is 486 g/mol. The quantitative estimate of drug-likeness (QED) is 0.479. The molecule has 28 heavy (non-hydrogen) atoms. The van der Waals surface area contributed by atoms with Crippen LogP contribution >= 0.6 is 51.0 Å². The number of hydrogen-bond acceptors (Lipinski definition) is 7. The molecule has 0 radical (unpaired) electrons. The van der Waals surface area contributed by atoms with Crippen molar-refractivity contribution in [3.63, 3.8) is 0 Å². The van der Waals surface area contributed by atoms with Gasteiger partial charge in [0.15, 0.2) is 16.6 Å². The number of benzene rings is 1. The van der Waals surface area contributed by atoms with Crippen LogP contribution in [-0.2, 0) is 0 Å². The Morgan fingerprint density at radius 2 is 1.93 bits per heavy atom. The summed E-state index contributed by atoms with van der Waals surface area (Å²) in [5, 5.41) is 0.696. The molecule has 0 unspecified atom stereocenters. The molecule has 1 aliphatic rings. The van der Waals surface area contributed by atoms with Crippen molar-refractivity contribution in [1.29, 1.82) is 0 Å². The van der Waals surface area contributed by atoms with Gasteiger partial charge in [-0.1, -0.05) is 11.3 Å². The number of hydrogen-bond donors (Lipinski definition) is 0. The molecule has 0 N–H and O–H groups in total. The summed E-state index contributed by atoms with van der Waals surface area (Å²) >= 11 is 6.37. The molecular formula is C18H19BrClN3O3S2. The average Bonchev–Trinajstić information content (AvgIpc) is 3.34. The van der Waals surface area contributed by atoms with E-state index in [0.717, 1.165) is 32.7 Å². The fraction of sp³-hybridized carbons (Fsp3) is 0.333. The van der Waals surface area contributed by atoms with Crippen molar-refractivity contribution >= 4 is 72.3 Å². The smallest absolute Gasteiger partial charge is 0.270 e. The van der Waals surface area contributed by atoms with Crippen molar-refractivity contribution in [2.45, 2.75) is 6.42 Å². The van der Waals surface area contributed by atoms with Crippen molar-refractivity contribution in [3.05, 3.63) is 32.9 Å². The zero-order valence-corrected chi connectivity index (χ0v) is 19.3. The summed E-state index contributed by atoms with van der Waals surface area (Å²) in [5.41, 5.74) is 0.817. The summed E-state index contributed by atoms with van der Waals surface area (Å²) in [6, 6.07) is 7.55. The van der Waals surface area contributed by atoms with E-state index in [-0.39, 0.29) is 25.1 Å². The summed E-state index contributed by atoms with van der Waals surface area (Å²) in [4.78, 5) is 22.4. The molecule has 0 bridgehead atoms. The first-order valence-electron chi connectivity index (χ1n) is 8.43. The van der Waals surface area contributed by atoms with Gasteiger partial charge in [0.05, 0.1) is 18.9 Å². The Morgan fingerprint density at radius 3 is 2.61 bits per heavy atom. The highest BCUT2D eigenvalue weighted by atomic mass is 79.9. The number of rotatable bonds is 6. The lowest BCUT2D eigenvalue weighted by Crippen LogP contribution is -2.32. The average molecular weight is 505 g/mol. The molecule has 0 fully saturated rings.